The van der Waals surface area contributed by atoms with Gasteiger partial charge < -0.3 is 11.1 Å². The molecule has 120 valence electrons. The lowest BCUT2D eigenvalue weighted by Crippen LogP contribution is -2.45. The van der Waals surface area contributed by atoms with Crippen LogP contribution in [0, 0.1) is 6.92 Å². The molecule has 2 amide bonds. The van der Waals surface area contributed by atoms with E-state index in [-0.39, 0.29) is 24.9 Å². The molecule has 0 spiro atoms. The molecule has 0 saturated heterocycles. The molecule has 5 heteroatoms. The first-order chi connectivity index (χ1) is 10.6. The van der Waals surface area contributed by atoms with Gasteiger partial charge in [0, 0.05) is 12.6 Å². The second kappa shape index (κ2) is 7.94. The van der Waals surface area contributed by atoms with Gasteiger partial charge in [0.1, 0.15) is 0 Å². The lowest BCUT2D eigenvalue weighted by molar-refractivity contribution is -0.124. The highest BCUT2D eigenvalue weighted by molar-refractivity contribution is 5.80. The first-order valence-electron chi connectivity index (χ1n) is 7.90. The van der Waals surface area contributed by atoms with E-state index in [9.17, 15) is 9.59 Å². The highest BCUT2D eigenvalue weighted by Gasteiger charge is 2.25. The van der Waals surface area contributed by atoms with Gasteiger partial charge in [0.15, 0.2) is 0 Å². The quantitative estimate of drug-likeness (QED) is 0.798. The number of amides is 2. The summed E-state index contributed by atoms with van der Waals surface area (Å²) >= 11 is 0. The van der Waals surface area contributed by atoms with Crippen LogP contribution in [0.15, 0.2) is 24.3 Å². The van der Waals surface area contributed by atoms with Crippen LogP contribution in [0.1, 0.15) is 36.8 Å². The fourth-order valence-corrected chi connectivity index (χ4v) is 3.03. The third-order valence-corrected chi connectivity index (χ3v) is 4.28. The van der Waals surface area contributed by atoms with E-state index in [0.29, 0.717) is 12.6 Å². The van der Waals surface area contributed by atoms with Crippen molar-refractivity contribution in [1.29, 1.82) is 0 Å². The largest absolute Gasteiger partial charge is 0.369 e. The van der Waals surface area contributed by atoms with Gasteiger partial charge in [0.25, 0.3) is 0 Å². The third kappa shape index (κ3) is 4.84. The van der Waals surface area contributed by atoms with Gasteiger partial charge in [-0.1, -0.05) is 37.1 Å². The number of primary amides is 1. The maximum Gasteiger partial charge on any atom is 0.234 e. The molecular formula is C17H25N3O2. The van der Waals surface area contributed by atoms with Crippen molar-refractivity contribution >= 4 is 11.8 Å². The number of carbonyl (C=O) groups is 2. The Morgan fingerprint density at radius 3 is 2.55 bits per heavy atom. The van der Waals surface area contributed by atoms with Crippen LogP contribution in [-0.2, 0) is 16.1 Å². The number of aryl methyl sites for hydroxylation is 1. The molecule has 0 atom stereocenters. The zero-order chi connectivity index (χ0) is 15.9. The Morgan fingerprint density at radius 2 is 1.91 bits per heavy atom. The number of nitrogens with one attached hydrogen (secondary N) is 1. The summed E-state index contributed by atoms with van der Waals surface area (Å²) in [5.41, 5.74) is 7.58. The Balaban J connectivity index is 1.87. The number of rotatable bonds is 7. The van der Waals surface area contributed by atoms with Crippen LogP contribution in [0.3, 0.4) is 0 Å². The standard InChI is InChI=1S/C17H25N3O2/c1-13-6-2-3-7-14(13)10-19-17(22)12-20(11-16(18)21)15-8-4-5-9-15/h2-3,6-7,15H,4-5,8-12H2,1H3,(H2,18,21)(H,19,22). The second-order valence-electron chi connectivity index (χ2n) is 6.01. The summed E-state index contributed by atoms with van der Waals surface area (Å²) in [6.07, 6.45) is 4.40. The molecule has 1 aromatic carbocycles. The van der Waals surface area contributed by atoms with E-state index < -0.39 is 0 Å². The number of hydrogen-bond donors (Lipinski definition) is 2. The number of benzene rings is 1. The summed E-state index contributed by atoms with van der Waals surface area (Å²) in [5, 5.41) is 2.93. The molecule has 22 heavy (non-hydrogen) atoms. The van der Waals surface area contributed by atoms with Crippen molar-refractivity contribution in [2.24, 2.45) is 5.73 Å². The number of hydrogen-bond acceptors (Lipinski definition) is 3. The molecule has 0 unspecified atom stereocenters. The molecule has 0 aromatic heterocycles. The number of nitrogens with zero attached hydrogens (tertiary/aromatic N) is 1. The minimum absolute atomic E-state index is 0.0589. The SMILES string of the molecule is Cc1ccccc1CNC(=O)CN(CC(N)=O)C1CCCC1. The van der Waals surface area contributed by atoms with Crippen LogP contribution in [-0.4, -0.2) is 35.8 Å². The lowest BCUT2D eigenvalue weighted by atomic mass is 10.1. The van der Waals surface area contributed by atoms with E-state index in [1.54, 1.807) is 0 Å². The monoisotopic (exact) mass is 303 g/mol. The van der Waals surface area contributed by atoms with Crippen LogP contribution >= 0.6 is 0 Å². The molecule has 1 aliphatic carbocycles. The predicted octanol–water partition coefficient (Wildman–Crippen LogP) is 1.34. The Kier molecular flexibility index (Phi) is 5.95. The van der Waals surface area contributed by atoms with E-state index >= 15 is 0 Å². The van der Waals surface area contributed by atoms with Gasteiger partial charge >= 0.3 is 0 Å². The fraction of sp³-hybridized carbons (Fsp3) is 0.529. The van der Waals surface area contributed by atoms with Crippen LogP contribution in [0.4, 0.5) is 0 Å². The molecule has 1 aliphatic rings. The Hall–Kier alpha value is -1.88. The maximum atomic E-state index is 12.2. The summed E-state index contributed by atoms with van der Waals surface area (Å²) in [6, 6.07) is 8.28. The Labute approximate surface area is 131 Å². The normalized spacial score (nSPS) is 15.2. The van der Waals surface area contributed by atoms with Gasteiger partial charge in [0.2, 0.25) is 11.8 Å². The van der Waals surface area contributed by atoms with E-state index in [1.165, 1.54) is 0 Å². The van der Waals surface area contributed by atoms with Gasteiger partial charge in [-0.05, 0) is 30.9 Å². The average molecular weight is 303 g/mol. The molecule has 0 heterocycles. The summed E-state index contributed by atoms with van der Waals surface area (Å²) in [7, 11) is 0. The van der Waals surface area contributed by atoms with Crippen molar-refractivity contribution in [3.8, 4) is 0 Å². The summed E-state index contributed by atoms with van der Waals surface area (Å²) in [5.74, 6) is -0.435. The van der Waals surface area contributed by atoms with E-state index in [1.807, 2.05) is 36.1 Å². The molecule has 2 rings (SSSR count). The molecule has 5 nitrogen and oxygen atoms in total. The Bertz CT molecular complexity index is 524. The van der Waals surface area contributed by atoms with Crippen molar-refractivity contribution in [3.63, 3.8) is 0 Å². The Morgan fingerprint density at radius 1 is 1.23 bits per heavy atom. The maximum absolute atomic E-state index is 12.2. The highest BCUT2D eigenvalue weighted by atomic mass is 16.2. The second-order valence-corrected chi connectivity index (χ2v) is 6.01. The van der Waals surface area contributed by atoms with Gasteiger partial charge in [0.05, 0.1) is 13.1 Å². The van der Waals surface area contributed by atoms with E-state index in [0.717, 1.165) is 36.8 Å². The van der Waals surface area contributed by atoms with Crippen LogP contribution < -0.4 is 11.1 Å². The lowest BCUT2D eigenvalue weighted by Gasteiger charge is -2.26. The van der Waals surface area contributed by atoms with E-state index in [4.69, 9.17) is 5.73 Å². The average Bonchev–Trinajstić information content (AvgIpc) is 2.99. The van der Waals surface area contributed by atoms with Crippen molar-refractivity contribution in [2.75, 3.05) is 13.1 Å². The molecule has 0 bridgehead atoms. The molecular weight excluding hydrogens is 278 g/mol. The molecule has 3 N–H and O–H groups in total. The van der Waals surface area contributed by atoms with Crippen molar-refractivity contribution in [2.45, 2.75) is 45.2 Å². The van der Waals surface area contributed by atoms with E-state index in [2.05, 4.69) is 5.32 Å². The van der Waals surface area contributed by atoms with Gasteiger partial charge in [-0.2, -0.15) is 0 Å². The molecule has 1 fully saturated rings. The van der Waals surface area contributed by atoms with Gasteiger partial charge in [-0.25, -0.2) is 0 Å². The van der Waals surface area contributed by atoms with Crippen molar-refractivity contribution in [1.82, 2.24) is 10.2 Å². The van der Waals surface area contributed by atoms with Crippen LogP contribution in [0.25, 0.3) is 0 Å². The third-order valence-electron chi connectivity index (χ3n) is 4.28. The smallest absolute Gasteiger partial charge is 0.234 e. The zero-order valence-electron chi connectivity index (χ0n) is 13.2. The summed E-state index contributed by atoms with van der Waals surface area (Å²) in [4.78, 5) is 25.3. The highest BCUT2D eigenvalue weighted by Crippen LogP contribution is 2.23. The zero-order valence-corrected chi connectivity index (χ0v) is 13.2. The van der Waals surface area contributed by atoms with Crippen molar-refractivity contribution < 1.29 is 9.59 Å². The predicted molar refractivity (Wildman–Crippen MR) is 86.0 cm³/mol. The topological polar surface area (TPSA) is 75.4 Å². The van der Waals surface area contributed by atoms with Crippen molar-refractivity contribution in [3.05, 3.63) is 35.4 Å². The minimum Gasteiger partial charge on any atom is -0.369 e. The number of nitrogens with two attached hydrogens (primary N) is 1. The number of carbonyl (C=O) groups excluding carboxylic acids is 2. The molecule has 0 radical (unpaired) electrons. The summed E-state index contributed by atoms with van der Waals surface area (Å²) in [6.45, 7) is 2.93. The first-order valence-corrected chi connectivity index (χ1v) is 7.90. The molecule has 0 aliphatic heterocycles. The molecule has 1 aromatic rings. The van der Waals surface area contributed by atoms with Gasteiger partial charge in [-0.15, -0.1) is 0 Å². The van der Waals surface area contributed by atoms with Crippen LogP contribution in [0.5, 0.6) is 0 Å². The summed E-state index contributed by atoms with van der Waals surface area (Å²) < 4.78 is 0. The van der Waals surface area contributed by atoms with Crippen LogP contribution in [0.2, 0.25) is 0 Å². The molecule has 1 saturated carbocycles. The minimum atomic E-state index is -0.376. The first kappa shape index (κ1) is 16.5. The van der Waals surface area contributed by atoms with Gasteiger partial charge in [-0.3, -0.25) is 14.5 Å². The fourth-order valence-electron chi connectivity index (χ4n) is 3.03.